The number of benzene rings is 1. The summed E-state index contributed by atoms with van der Waals surface area (Å²) in [5.74, 6) is 0.148. The number of rotatable bonds is 1. The molecule has 0 radical (unpaired) electrons. The molecule has 1 heterocycles. The van der Waals surface area contributed by atoms with Gasteiger partial charge in [0, 0.05) is 11.6 Å². The van der Waals surface area contributed by atoms with Crippen LogP contribution in [0.2, 0.25) is 0 Å². The second-order valence-electron chi connectivity index (χ2n) is 4.26. The van der Waals surface area contributed by atoms with Crippen LogP contribution in [-0.2, 0) is 6.18 Å². The molecule has 90 valence electrons. The third-order valence-electron chi connectivity index (χ3n) is 2.72. The van der Waals surface area contributed by atoms with E-state index in [9.17, 15) is 13.2 Å². The Hall–Kier alpha value is -1.58. The van der Waals surface area contributed by atoms with Crippen LogP contribution in [0.25, 0.3) is 10.8 Å². The van der Waals surface area contributed by atoms with Crippen LogP contribution in [-0.4, -0.2) is 4.98 Å². The van der Waals surface area contributed by atoms with Crippen molar-refractivity contribution in [2.24, 2.45) is 0 Å². The fourth-order valence-electron chi connectivity index (χ4n) is 1.90. The number of fused-ring (bicyclic) bond motifs is 1. The molecule has 0 aliphatic carbocycles. The van der Waals surface area contributed by atoms with Crippen molar-refractivity contribution < 1.29 is 13.2 Å². The molecule has 1 aromatic carbocycles. The quantitative estimate of drug-likeness (QED) is 0.719. The zero-order chi connectivity index (χ0) is 12.6. The molecule has 0 atom stereocenters. The summed E-state index contributed by atoms with van der Waals surface area (Å²) in [7, 11) is 0. The molecule has 0 fully saturated rings. The lowest BCUT2D eigenvalue weighted by atomic mass is 9.97. The summed E-state index contributed by atoms with van der Waals surface area (Å²) in [4.78, 5) is 3.57. The van der Waals surface area contributed by atoms with Gasteiger partial charge >= 0.3 is 6.18 Å². The van der Waals surface area contributed by atoms with E-state index in [4.69, 9.17) is 0 Å². The summed E-state index contributed by atoms with van der Waals surface area (Å²) in [5.41, 5.74) is 0.0334. The maximum absolute atomic E-state index is 12.8. The molecule has 0 spiro atoms. The van der Waals surface area contributed by atoms with E-state index in [0.717, 1.165) is 5.56 Å². The fourth-order valence-corrected chi connectivity index (χ4v) is 1.90. The van der Waals surface area contributed by atoms with Crippen molar-refractivity contribution >= 4 is 10.8 Å². The summed E-state index contributed by atoms with van der Waals surface area (Å²) in [5, 5.41) is 0.802. The van der Waals surface area contributed by atoms with E-state index < -0.39 is 11.9 Å². The van der Waals surface area contributed by atoms with Crippen molar-refractivity contribution in [3.63, 3.8) is 0 Å². The van der Waals surface area contributed by atoms with Crippen molar-refractivity contribution in [3.8, 4) is 0 Å². The molecule has 2 aromatic rings. The Bertz CT molecular complexity index is 544. The summed E-state index contributed by atoms with van der Waals surface area (Å²) in [6.07, 6.45) is -3.08. The molecule has 0 N–H and O–H groups in total. The average Bonchev–Trinajstić information content (AvgIpc) is 2.26. The molecule has 2 rings (SSSR count). The van der Waals surface area contributed by atoms with E-state index in [0.29, 0.717) is 5.39 Å². The minimum atomic E-state index is -4.41. The topological polar surface area (TPSA) is 12.9 Å². The highest BCUT2D eigenvalue weighted by Crippen LogP contribution is 2.35. The highest BCUT2D eigenvalue weighted by molar-refractivity contribution is 5.88. The number of alkyl halides is 3. The molecule has 1 nitrogen and oxygen atoms in total. The van der Waals surface area contributed by atoms with Crippen LogP contribution in [0.15, 0.2) is 30.5 Å². The Morgan fingerprint density at radius 3 is 2.18 bits per heavy atom. The smallest absolute Gasteiger partial charge is 0.251 e. The molecule has 0 aliphatic heterocycles. The van der Waals surface area contributed by atoms with Crippen molar-refractivity contribution in [2.75, 3.05) is 0 Å². The third kappa shape index (κ3) is 2.12. The summed E-state index contributed by atoms with van der Waals surface area (Å²) < 4.78 is 38.4. The van der Waals surface area contributed by atoms with E-state index in [1.54, 1.807) is 18.2 Å². The number of hydrogen-bond donors (Lipinski definition) is 0. The second-order valence-corrected chi connectivity index (χ2v) is 4.26. The van der Waals surface area contributed by atoms with Gasteiger partial charge in [0.2, 0.25) is 0 Å². The lowest BCUT2D eigenvalue weighted by Crippen LogP contribution is -2.09. The van der Waals surface area contributed by atoms with Gasteiger partial charge in [0.15, 0.2) is 5.69 Å². The summed E-state index contributed by atoms with van der Waals surface area (Å²) in [6.45, 7) is 3.88. The first kappa shape index (κ1) is 11.9. The maximum Gasteiger partial charge on any atom is 0.433 e. The summed E-state index contributed by atoms with van der Waals surface area (Å²) in [6, 6.07) is 6.52. The zero-order valence-electron chi connectivity index (χ0n) is 9.55. The molecule has 0 aliphatic rings. The van der Waals surface area contributed by atoms with Crippen LogP contribution in [0.5, 0.6) is 0 Å². The number of aromatic nitrogens is 1. The first-order chi connectivity index (χ1) is 7.91. The molecule has 0 saturated heterocycles. The first-order valence-electron chi connectivity index (χ1n) is 5.36. The average molecular weight is 239 g/mol. The van der Waals surface area contributed by atoms with Gasteiger partial charge in [-0.15, -0.1) is 0 Å². The van der Waals surface area contributed by atoms with Gasteiger partial charge in [-0.2, -0.15) is 13.2 Å². The zero-order valence-corrected chi connectivity index (χ0v) is 9.55. The molecule has 0 bridgehead atoms. The van der Waals surface area contributed by atoms with Crippen LogP contribution < -0.4 is 0 Å². The maximum atomic E-state index is 12.8. The lowest BCUT2D eigenvalue weighted by Gasteiger charge is -2.14. The monoisotopic (exact) mass is 239 g/mol. The molecule has 0 unspecified atom stereocenters. The summed E-state index contributed by atoms with van der Waals surface area (Å²) >= 11 is 0. The predicted molar refractivity (Wildman–Crippen MR) is 60.8 cm³/mol. The van der Waals surface area contributed by atoms with Gasteiger partial charge in [-0.3, -0.25) is 4.98 Å². The third-order valence-corrected chi connectivity index (χ3v) is 2.72. The van der Waals surface area contributed by atoms with E-state index in [1.807, 2.05) is 13.8 Å². The normalized spacial score (nSPS) is 12.4. The Balaban J connectivity index is 2.80. The second kappa shape index (κ2) is 4.02. The minimum absolute atomic E-state index is 0.148. The predicted octanol–water partition coefficient (Wildman–Crippen LogP) is 4.38. The Morgan fingerprint density at radius 2 is 1.65 bits per heavy atom. The van der Waals surface area contributed by atoms with Crippen LogP contribution in [0.1, 0.15) is 31.0 Å². The Labute approximate surface area is 97.3 Å². The lowest BCUT2D eigenvalue weighted by molar-refractivity contribution is -0.139. The van der Waals surface area contributed by atoms with Gasteiger partial charge in [0.25, 0.3) is 0 Å². The van der Waals surface area contributed by atoms with Gasteiger partial charge in [-0.25, -0.2) is 0 Å². The standard InChI is InChI=1S/C13H12F3N/c1-8(2)11-7-17-12(13(14,15)16)10-6-4-3-5-9(10)11/h3-8H,1-2H3. The van der Waals surface area contributed by atoms with Crippen LogP contribution in [0, 0.1) is 0 Å². The number of nitrogens with zero attached hydrogens (tertiary/aromatic N) is 1. The minimum Gasteiger partial charge on any atom is -0.251 e. The molecular formula is C13H12F3N. The Morgan fingerprint density at radius 1 is 1.06 bits per heavy atom. The number of pyridine rings is 1. The van der Waals surface area contributed by atoms with E-state index in [-0.39, 0.29) is 11.3 Å². The van der Waals surface area contributed by atoms with Gasteiger partial charge in [0.1, 0.15) is 0 Å². The molecular weight excluding hydrogens is 227 g/mol. The van der Waals surface area contributed by atoms with Crippen molar-refractivity contribution in [1.29, 1.82) is 0 Å². The highest BCUT2D eigenvalue weighted by Gasteiger charge is 2.34. The van der Waals surface area contributed by atoms with E-state index in [1.165, 1.54) is 12.3 Å². The van der Waals surface area contributed by atoms with Crippen LogP contribution in [0.3, 0.4) is 0 Å². The van der Waals surface area contributed by atoms with Crippen molar-refractivity contribution in [2.45, 2.75) is 25.9 Å². The SMILES string of the molecule is CC(C)c1cnc(C(F)(F)F)c2ccccc12. The number of halogens is 3. The molecule has 1 aromatic heterocycles. The largest absolute Gasteiger partial charge is 0.433 e. The molecule has 4 heteroatoms. The van der Waals surface area contributed by atoms with Gasteiger partial charge in [-0.05, 0) is 16.9 Å². The van der Waals surface area contributed by atoms with E-state index >= 15 is 0 Å². The molecule has 0 saturated carbocycles. The number of hydrogen-bond acceptors (Lipinski definition) is 1. The van der Waals surface area contributed by atoms with Gasteiger partial charge < -0.3 is 0 Å². The van der Waals surface area contributed by atoms with Crippen LogP contribution in [0.4, 0.5) is 13.2 Å². The molecule has 17 heavy (non-hydrogen) atoms. The van der Waals surface area contributed by atoms with Gasteiger partial charge in [0.05, 0.1) is 0 Å². The first-order valence-corrected chi connectivity index (χ1v) is 5.36. The van der Waals surface area contributed by atoms with Crippen molar-refractivity contribution in [3.05, 3.63) is 41.7 Å². The fraction of sp³-hybridized carbons (Fsp3) is 0.308. The van der Waals surface area contributed by atoms with Crippen LogP contribution >= 0.6 is 0 Å². The van der Waals surface area contributed by atoms with E-state index in [2.05, 4.69) is 4.98 Å². The van der Waals surface area contributed by atoms with Crippen molar-refractivity contribution in [1.82, 2.24) is 4.98 Å². The molecule has 0 amide bonds. The Kier molecular flexibility index (Phi) is 2.81. The van der Waals surface area contributed by atoms with Gasteiger partial charge in [-0.1, -0.05) is 38.1 Å². The highest BCUT2D eigenvalue weighted by atomic mass is 19.4.